The second-order valence-corrected chi connectivity index (χ2v) is 7.28. The molecular weight excluding hydrogens is 296 g/mol. The molecule has 3 heteroatoms. The van der Waals surface area contributed by atoms with Crippen LogP contribution >= 0.6 is 0 Å². The number of nitrogens with one attached hydrogen (secondary N) is 1. The Balaban J connectivity index is 1.56. The van der Waals surface area contributed by atoms with Gasteiger partial charge in [-0.3, -0.25) is 9.69 Å². The molecule has 1 N–H and O–H groups in total. The molecule has 0 aromatic heterocycles. The van der Waals surface area contributed by atoms with E-state index in [1.807, 2.05) is 12.1 Å². The Labute approximate surface area is 143 Å². The van der Waals surface area contributed by atoms with Crippen molar-refractivity contribution in [3.8, 4) is 0 Å². The monoisotopic (exact) mass is 320 g/mol. The lowest BCUT2D eigenvalue weighted by Gasteiger charge is -2.18. The highest BCUT2D eigenvalue weighted by Gasteiger charge is 2.37. The number of likely N-dealkylation sites (tertiary alicyclic amines) is 1. The Kier molecular flexibility index (Phi) is 3.89. The van der Waals surface area contributed by atoms with Gasteiger partial charge in [0.05, 0.1) is 0 Å². The minimum Gasteiger partial charge on any atom is -0.352 e. The quantitative estimate of drug-likeness (QED) is 0.921. The van der Waals surface area contributed by atoms with Gasteiger partial charge in [-0.2, -0.15) is 0 Å². The van der Waals surface area contributed by atoms with Gasteiger partial charge in [0.15, 0.2) is 0 Å². The first-order valence-electron chi connectivity index (χ1n) is 8.77. The maximum atomic E-state index is 12.3. The van der Waals surface area contributed by atoms with Gasteiger partial charge in [0, 0.05) is 37.7 Å². The molecule has 2 heterocycles. The SMILES string of the molecule is Cc1ccc(CN2C[C@H]3CNC(=O)c4ccccc4[C@@H]3C2)cc1C. The van der Waals surface area contributed by atoms with Crippen LogP contribution in [0.4, 0.5) is 0 Å². The number of amides is 1. The first-order chi connectivity index (χ1) is 11.6. The van der Waals surface area contributed by atoms with E-state index < -0.39 is 0 Å². The van der Waals surface area contributed by atoms with Crippen LogP contribution in [0.25, 0.3) is 0 Å². The predicted molar refractivity (Wildman–Crippen MR) is 96.2 cm³/mol. The van der Waals surface area contributed by atoms with Crippen LogP contribution < -0.4 is 5.32 Å². The van der Waals surface area contributed by atoms with Crippen molar-refractivity contribution in [2.24, 2.45) is 5.92 Å². The van der Waals surface area contributed by atoms with E-state index in [4.69, 9.17) is 0 Å². The molecule has 1 saturated heterocycles. The first-order valence-corrected chi connectivity index (χ1v) is 8.77. The van der Waals surface area contributed by atoms with E-state index in [0.29, 0.717) is 11.8 Å². The standard InChI is InChI=1S/C21H24N2O/c1-14-7-8-16(9-15(14)2)11-23-12-17-10-22-21(24)19-6-4-3-5-18(19)20(17)13-23/h3-9,17,20H,10-13H2,1-2H3,(H,22,24)/t17-,20-/m1/s1. The minimum atomic E-state index is 0.0840. The van der Waals surface area contributed by atoms with E-state index in [-0.39, 0.29) is 5.91 Å². The molecule has 0 saturated carbocycles. The molecule has 2 aliphatic heterocycles. The van der Waals surface area contributed by atoms with Crippen molar-refractivity contribution in [1.29, 1.82) is 0 Å². The molecule has 0 bridgehead atoms. The van der Waals surface area contributed by atoms with Crippen molar-refractivity contribution in [1.82, 2.24) is 10.2 Å². The Morgan fingerprint density at radius 2 is 1.92 bits per heavy atom. The number of nitrogens with zero attached hydrogens (tertiary/aromatic N) is 1. The van der Waals surface area contributed by atoms with Gasteiger partial charge in [-0.25, -0.2) is 0 Å². The van der Waals surface area contributed by atoms with Gasteiger partial charge < -0.3 is 5.32 Å². The van der Waals surface area contributed by atoms with Crippen molar-refractivity contribution < 1.29 is 4.79 Å². The van der Waals surface area contributed by atoms with Gasteiger partial charge in [0.25, 0.3) is 5.91 Å². The van der Waals surface area contributed by atoms with Crippen LogP contribution in [0.2, 0.25) is 0 Å². The molecule has 3 nitrogen and oxygen atoms in total. The largest absolute Gasteiger partial charge is 0.352 e. The van der Waals surface area contributed by atoms with Crippen molar-refractivity contribution in [3.05, 3.63) is 70.3 Å². The zero-order valence-corrected chi connectivity index (χ0v) is 14.4. The predicted octanol–water partition coefficient (Wildman–Crippen LogP) is 3.26. The molecule has 124 valence electrons. The van der Waals surface area contributed by atoms with Crippen molar-refractivity contribution in [2.45, 2.75) is 26.3 Å². The highest BCUT2D eigenvalue weighted by Crippen LogP contribution is 2.36. The molecule has 2 atom stereocenters. The average molecular weight is 320 g/mol. The van der Waals surface area contributed by atoms with Crippen LogP contribution in [0.1, 0.15) is 38.5 Å². The fraction of sp³-hybridized carbons (Fsp3) is 0.381. The topological polar surface area (TPSA) is 32.3 Å². The Bertz CT molecular complexity index is 783. The van der Waals surface area contributed by atoms with E-state index in [1.165, 1.54) is 22.3 Å². The molecule has 4 rings (SSSR count). The highest BCUT2D eigenvalue weighted by atomic mass is 16.1. The number of hydrogen-bond donors (Lipinski definition) is 1. The van der Waals surface area contributed by atoms with Gasteiger partial charge in [0.1, 0.15) is 0 Å². The van der Waals surface area contributed by atoms with E-state index in [1.54, 1.807) is 0 Å². The molecule has 2 aromatic carbocycles. The molecule has 0 aliphatic carbocycles. The minimum absolute atomic E-state index is 0.0840. The van der Waals surface area contributed by atoms with E-state index in [9.17, 15) is 4.79 Å². The van der Waals surface area contributed by atoms with Crippen LogP contribution in [-0.2, 0) is 6.54 Å². The lowest BCUT2D eigenvalue weighted by Crippen LogP contribution is -2.29. The summed E-state index contributed by atoms with van der Waals surface area (Å²) in [5.74, 6) is 1.04. The van der Waals surface area contributed by atoms with Crippen molar-refractivity contribution in [2.75, 3.05) is 19.6 Å². The molecule has 0 unspecified atom stereocenters. The third-order valence-electron chi connectivity index (χ3n) is 5.62. The Morgan fingerprint density at radius 3 is 2.75 bits per heavy atom. The molecule has 0 spiro atoms. The maximum Gasteiger partial charge on any atom is 0.251 e. The number of fused-ring (bicyclic) bond motifs is 3. The highest BCUT2D eigenvalue weighted by molar-refractivity contribution is 5.96. The summed E-state index contributed by atoms with van der Waals surface area (Å²) in [6.07, 6.45) is 0. The maximum absolute atomic E-state index is 12.3. The van der Waals surface area contributed by atoms with E-state index in [0.717, 1.165) is 31.7 Å². The fourth-order valence-electron chi connectivity index (χ4n) is 4.16. The smallest absolute Gasteiger partial charge is 0.251 e. The third-order valence-corrected chi connectivity index (χ3v) is 5.62. The Morgan fingerprint density at radius 1 is 1.08 bits per heavy atom. The summed E-state index contributed by atoms with van der Waals surface area (Å²) >= 11 is 0. The molecule has 2 aliphatic rings. The summed E-state index contributed by atoms with van der Waals surface area (Å²) in [5.41, 5.74) is 6.17. The summed E-state index contributed by atoms with van der Waals surface area (Å²) in [4.78, 5) is 14.8. The van der Waals surface area contributed by atoms with Gasteiger partial charge in [-0.15, -0.1) is 0 Å². The average Bonchev–Trinajstić information content (AvgIpc) is 2.93. The summed E-state index contributed by atoms with van der Waals surface area (Å²) in [6.45, 7) is 8.19. The van der Waals surface area contributed by atoms with Gasteiger partial charge >= 0.3 is 0 Å². The van der Waals surface area contributed by atoms with E-state index >= 15 is 0 Å². The first kappa shape index (κ1) is 15.4. The molecule has 1 amide bonds. The summed E-state index contributed by atoms with van der Waals surface area (Å²) < 4.78 is 0. The van der Waals surface area contributed by atoms with Crippen LogP contribution in [0.5, 0.6) is 0 Å². The zero-order valence-electron chi connectivity index (χ0n) is 14.4. The summed E-state index contributed by atoms with van der Waals surface area (Å²) in [5, 5.41) is 3.11. The van der Waals surface area contributed by atoms with Crippen LogP contribution in [0.3, 0.4) is 0 Å². The van der Waals surface area contributed by atoms with Crippen molar-refractivity contribution in [3.63, 3.8) is 0 Å². The molecular formula is C21H24N2O. The number of aryl methyl sites for hydroxylation is 2. The Hall–Kier alpha value is -2.13. The normalized spacial score (nSPS) is 23.3. The van der Waals surface area contributed by atoms with E-state index in [2.05, 4.69) is 54.4 Å². The molecule has 0 radical (unpaired) electrons. The van der Waals surface area contributed by atoms with Crippen molar-refractivity contribution >= 4 is 5.91 Å². The lowest BCUT2D eigenvalue weighted by molar-refractivity contribution is 0.0951. The number of benzene rings is 2. The summed E-state index contributed by atoms with van der Waals surface area (Å²) in [7, 11) is 0. The fourth-order valence-corrected chi connectivity index (χ4v) is 4.16. The zero-order chi connectivity index (χ0) is 16.7. The van der Waals surface area contributed by atoms with Gasteiger partial charge in [-0.05, 0) is 48.1 Å². The molecule has 1 fully saturated rings. The van der Waals surface area contributed by atoms with Crippen LogP contribution in [-0.4, -0.2) is 30.4 Å². The third kappa shape index (κ3) is 2.73. The second-order valence-electron chi connectivity index (χ2n) is 7.28. The number of carbonyl (C=O) groups excluding carboxylic acids is 1. The molecule has 2 aromatic rings. The van der Waals surface area contributed by atoms with Gasteiger partial charge in [-0.1, -0.05) is 36.4 Å². The number of rotatable bonds is 2. The lowest BCUT2D eigenvalue weighted by atomic mass is 9.87. The number of hydrogen-bond acceptors (Lipinski definition) is 2. The van der Waals surface area contributed by atoms with Crippen LogP contribution in [0.15, 0.2) is 42.5 Å². The molecule has 24 heavy (non-hydrogen) atoms. The second kappa shape index (κ2) is 6.06. The number of carbonyl (C=O) groups is 1. The van der Waals surface area contributed by atoms with Crippen LogP contribution in [0, 0.1) is 19.8 Å². The van der Waals surface area contributed by atoms with Gasteiger partial charge in [0.2, 0.25) is 0 Å². The summed E-state index contributed by atoms with van der Waals surface area (Å²) in [6, 6.07) is 14.9.